The summed E-state index contributed by atoms with van der Waals surface area (Å²) in [4.78, 5) is 2.32. The van der Waals surface area contributed by atoms with Gasteiger partial charge in [-0.1, -0.05) is 53.5 Å². The van der Waals surface area contributed by atoms with Crippen LogP contribution in [0.2, 0.25) is 10.0 Å². The molecule has 0 radical (unpaired) electrons. The highest BCUT2D eigenvalue weighted by Gasteiger charge is 2.31. The van der Waals surface area contributed by atoms with Gasteiger partial charge in [0, 0.05) is 12.0 Å². The summed E-state index contributed by atoms with van der Waals surface area (Å²) in [5.74, 6) is 1.03. The Morgan fingerprint density at radius 2 is 1.78 bits per heavy atom. The molecule has 3 atom stereocenters. The van der Waals surface area contributed by atoms with Gasteiger partial charge in [-0.15, -0.1) is 0 Å². The van der Waals surface area contributed by atoms with Gasteiger partial charge in [-0.3, -0.25) is 0 Å². The van der Waals surface area contributed by atoms with Crippen LogP contribution in [-0.4, -0.2) is 25.0 Å². The Morgan fingerprint density at radius 3 is 2.48 bits per heavy atom. The number of hydrogen-bond donors (Lipinski definition) is 0. The van der Waals surface area contributed by atoms with Gasteiger partial charge < -0.3 is 4.90 Å². The molecule has 1 aliphatic rings. The van der Waals surface area contributed by atoms with Gasteiger partial charge in [0.1, 0.15) is 0 Å². The minimum absolute atomic E-state index is 0.391. The van der Waals surface area contributed by atoms with Crippen molar-refractivity contribution in [2.75, 3.05) is 14.1 Å². The molecular weight excluding hydrogens is 325 g/mol. The van der Waals surface area contributed by atoms with Crippen LogP contribution in [-0.2, 0) is 6.42 Å². The Kier molecular flexibility index (Phi) is 5.01. The molecule has 0 saturated heterocycles. The maximum absolute atomic E-state index is 6.27. The van der Waals surface area contributed by atoms with Crippen LogP contribution in [0.1, 0.15) is 36.0 Å². The van der Waals surface area contributed by atoms with Crippen LogP contribution in [0.15, 0.2) is 42.5 Å². The molecule has 0 N–H and O–H groups in total. The monoisotopic (exact) mass is 347 g/mol. The molecule has 2 aromatic carbocycles. The second-order valence-electron chi connectivity index (χ2n) is 6.83. The van der Waals surface area contributed by atoms with E-state index in [9.17, 15) is 0 Å². The highest BCUT2D eigenvalue weighted by Crippen LogP contribution is 2.42. The van der Waals surface area contributed by atoms with E-state index in [-0.39, 0.29) is 0 Å². The van der Waals surface area contributed by atoms with Crippen molar-refractivity contribution in [2.45, 2.75) is 31.7 Å². The number of halogens is 2. The van der Waals surface area contributed by atoms with Gasteiger partial charge in [0.25, 0.3) is 0 Å². The van der Waals surface area contributed by atoms with Gasteiger partial charge in [-0.05, 0) is 68.6 Å². The van der Waals surface area contributed by atoms with Crippen molar-refractivity contribution in [1.29, 1.82) is 0 Å². The van der Waals surface area contributed by atoms with Gasteiger partial charge in [0.2, 0.25) is 0 Å². The largest absolute Gasteiger partial charge is 0.306 e. The number of hydrogen-bond acceptors (Lipinski definition) is 1. The number of nitrogens with zero attached hydrogens (tertiary/aromatic N) is 1. The Bertz CT molecular complexity index is 696. The maximum Gasteiger partial charge on any atom is 0.0595 e. The van der Waals surface area contributed by atoms with Crippen LogP contribution in [0.25, 0.3) is 0 Å². The molecule has 3 heteroatoms. The van der Waals surface area contributed by atoms with Crippen LogP contribution in [0, 0.1) is 5.92 Å². The van der Waals surface area contributed by atoms with E-state index < -0.39 is 0 Å². The highest BCUT2D eigenvalue weighted by molar-refractivity contribution is 6.42. The van der Waals surface area contributed by atoms with Crippen LogP contribution in [0.4, 0.5) is 0 Å². The molecule has 1 aliphatic carbocycles. The third-order valence-corrected chi connectivity index (χ3v) is 6.03. The van der Waals surface area contributed by atoms with Crippen molar-refractivity contribution in [3.05, 3.63) is 69.2 Å². The summed E-state index contributed by atoms with van der Waals surface area (Å²) >= 11 is 12.4. The molecule has 0 aromatic heterocycles. The summed E-state index contributed by atoms with van der Waals surface area (Å²) in [7, 11) is 4.33. The SMILES string of the molecule is CC([C@@H]1Cc2ccccc2[C@H](c2ccc(Cl)c(Cl)c2)C1)N(C)C. The van der Waals surface area contributed by atoms with Gasteiger partial charge in [-0.25, -0.2) is 0 Å². The zero-order valence-electron chi connectivity index (χ0n) is 13.9. The van der Waals surface area contributed by atoms with E-state index in [1.165, 1.54) is 16.7 Å². The minimum Gasteiger partial charge on any atom is -0.306 e. The van der Waals surface area contributed by atoms with Crippen molar-refractivity contribution >= 4 is 23.2 Å². The number of rotatable bonds is 3. The summed E-state index contributed by atoms with van der Waals surface area (Å²) in [5, 5.41) is 1.27. The third kappa shape index (κ3) is 3.42. The minimum atomic E-state index is 0.391. The van der Waals surface area contributed by atoms with E-state index in [1.807, 2.05) is 12.1 Å². The topological polar surface area (TPSA) is 3.24 Å². The van der Waals surface area contributed by atoms with Crippen LogP contribution >= 0.6 is 23.2 Å². The molecule has 122 valence electrons. The lowest BCUT2D eigenvalue weighted by molar-refractivity contribution is 0.205. The van der Waals surface area contributed by atoms with Gasteiger partial charge >= 0.3 is 0 Å². The summed E-state index contributed by atoms with van der Waals surface area (Å²) < 4.78 is 0. The molecule has 0 amide bonds. The first kappa shape index (κ1) is 16.8. The van der Waals surface area contributed by atoms with Crippen molar-refractivity contribution in [3.8, 4) is 0 Å². The Morgan fingerprint density at radius 1 is 1.04 bits per heavy atom. The summed E-state index contributed by atoms with van der Waals surface area (Å²) in [6.45, 7) is 2.32. The zero-order chi connectivity index (χ0) is 16.6. The second-order valence-corrected chi connectivity index (χ2v) is 7.64. The number of fused-ring (bicyclic) bond motifs is 1. The molecule has 1 nitrogen and oxygen atoms in total. The van der Waals surface area contributed by atoms with Crippen LogP contribution in [0.5, 0.6) is 0 Å². The standard InChI is InChI=1S/C20H23Cl2N/c1-13(23(2)3)16-10-14-6-4-5-7-17(14)18(11-16)15-8-9-19(21)20(22)12-15/h4-9,12-13,16,18H,10-11H2,1-3H3/t13?,16-,18+/m1/s1. The average molecular weight is 348 g/mol. The second kappa shape index (κ2) is 6.84. The van der Waals surface area contributed by atoms with Gasteiger partial charge in [-0.2, -0.15) is 0 Å². The van der Waals surface area contributed by atoms with E-state index in [1.54, 1.807) is 0 Å². The van der Waals surface area contributed by atoms with E-state index in [0.29, 0.717) is 27.9 Å². The van der Waals surface area contributed by atoms with Crippen molar-refractivity contribution in [1.82, 2.24) is 4.90 Å². The Balaban J connectivity index is 2.01. The van der Waals surface area contributed by atoms with E-state index in [4.69, 9.17) is 23.2 Å². The fourth-order valence-corrected chi connectivity index (χ4v) is 4.00. The Hall–Kier alpha value is -1.02. The molecule has 1 unspecified atom stereocenters. The molecule has 0 bridgehead atoms. The normalized spacial score (nSPS) is 22.0. The predicted molar refractivity (Wildman–Crippen MR) is 99.7 cm³/mol. The molecule has 0 spiro atoms. The predicted octanol–water partition coefficient (Wildman–Crippen LogP) is 5.64. The molecule has 0 saturated carbocycles. The summed E-state index contributed by atoms with van der Waals surface area (Å²) in [5.41, 5.74) is 4.17. The molecule has 0 fully saturated rings. The van der Waals surface area contributed by atoms with E-state index in [0.717, 1.165) is 12.8 Å². The first-order chi connectivity index (χ1) is 11.0. The van der Waals surface area contributed by atoms with Gasteiger partial charge in [0.05, 0.1) is 10.0 Å². The fourth-order valence-electron chi connectivity index (χ4n) is 3.69. The lowest BCUT2D eigenvalue weighted by Gasteiger charge is -2.37. The van der Waals surface area contributed by atoms with E-state index in [2.05, 4.69) is 56.3 Å². The number of benzene rings is 2. The van der Waals surface area contributed by atoms with Gasteiger partial charge in [0.15, 0.2) is 0 Å². The van der Waals surface area contributed by atoms with Crippen molar-refractivity contribution in [2.24, 2.45) is 5.92 Å². The Labute approximate surface area is 149 Å². The summed E-state index contributed by atoms with van der Waals surface area (Å²) in [6, 6.07) is 15.4. The van der Waals surface area contributed by atoms with Crippen molar-refractivity contribution in [3.63, 3.8) is 0 Å². The molecule has 0 aliphatic heterocycles. The van der Waals surface area contributed by atoms with Crippen LogP contribution < -0.4 is 0 Å². The van der Waals surface area contributed by atoms with Crippen molar-refractivity contribution < 1.29 is 0 Å². The lowest BCUT2D eigenvalue weighted by Crippen LogP contribution is -2.36. The molecule has 2 aromatic rings. The average Bonchev–Trinajstić information content (AvgIpc) is 2.55. The molecule has 3 rings (SSSR count). The quantitative estimate of drug-likeness (QED) is 0.694. The first-order valence-corrected chi connectivity index (χ1v) is 8.92. The fraction of sp³-hybridized carbons (Fsp3) is 0.400. The summed E-state index contributed by atoms with van der Waals surface area (Å²) in [6.07, 6.45) is 2.29. The van der Waals surface area contributed by atoms with Crippen LogP contribution in [0.3, 0.4) is 0 Å². The smallest absolute Gasteiger partial charge is 0.0595 e. The maximum atomic E-state index is 6.27. The zero-order valence-corrected chi connectivity index (χ0v) is 15.4. The molecule has 23 heavy (non-hydrogen) atoms. The third-order valence-electron chi connectivity index (χ3n) is 5.29. The lowest BCUT2D eigenvalue weighted by atomic mass is 9.72. The first-order valence-electron chi connectivity index (χ1n) is 8.16. The molecular formula is C20H23Cl2N. The van der Waals surface area contributed by atoms with E-state index >= 15 is 0 Å². The highest BCUT2D eigenvalue weighted by atomic mass is 35.5. The molecule has 0 heterocycles.